The molecule has 0 radical (unpaired) electrons. The molecule has 0 bridgehead atoms. The Morgan fingerprint density at radius 3 is 2.96 bits per heavy atom. The number of pyridine rings is 1. The van der Waals surface area contributed by atoms with Crippen LogP contribution >= 0.6 is 0 Å². The minimum Gasteiger partial charge on any atom is -0.467 e. The Kier molecular flexibility index (Phi) is 4.71. The van der Waals surface area contributed by atoms with Crippen LogP contribution in [0.1, 0.15) is 29.1 Å². The molecule has 4 rings (SSSR count). The van der Waals surface area contributed by atoms with Gasteiger partial charge in [0.25, 0.3) is 5.91 Å². The van der Waals surface area contributed by atoms with Crippen LogP contribution in [0.15, 0.2) is 47.2 Å². The summed E-state index contributed by atoms with van der Waals surface area (Å²) in [5.74, 6) is 0.159. The van der Waals surface area contributed by atoms with E-state index in [0.717, 1.165) is 6.42 Å². The number of likely N-dealkylation sites (tertiary alicyclic amines) is 1. The minimum atomic E-state index is -0.308. The first-order chi connectivity index (χ1) is 12.7. The third-order valence-electron chi connectivity index (χ3n) is 5.04. The van der Waals surface area contributed by atoms with E-state index in [4.69, 9.17) is 9.15 Å². The summed E-state index contributed by atoms with van der Waals surface area (Å²) < 4.78 is 11.0. The van der Waals surface area contributed by atoms with E-state index < -0.39 is 0 Å². The molecule has 0 spiro atoms. The summed E-state index contributed by atoms with van der Waals surface area (Å²) in [6.45, 7) is 1.33. The maximum Gasteiger partial charge on any atom is 0.272 e. The molecule has 2 fully saturated rings. The summed E-state index contributed by atoms with van der Waals surface area (Å²) in [7, 11) is 0. The number of rotatable bonds is 4. The number of hydrogen-bond donors (Lipinski definition) is 1. The molecule has 2 aromatic rings. The number of furan rings is 1. The third kappa shape index (κ3) is 3.35. The Balaban J connectivity index is 1.47. The quantitative estimate of drug-likeness (QED) is 0.901. The van der Waals surface area contributed by atoms with Crippen molar-refractivity contribution < 1.29 is 18.7 Å². The highest BCUT2D eigenvalue weighted by Gasteiger charge is 2.44. The largest absolute Gasteiger partial charge is 0.467 e. The van der Waals surface area contributed by atoms with Crippen LogP contribution in [0.25, 0.3) is 0 Å². The molecule has 26 heavy (non-hydrogen) atoms. The van der Waals surface area contributed by atoms with Crippen molar-refractivity contribution in [3.8, 4) is 0 Å². The van der Waals surface area contributed by atoms with Gasteiger partial charge in [-0.3, -0.25) is 14.6 Å². The minimum absolute atomic E-state index is 0.0126. The zero-order valence-corrected chi connectivity index (χ0v) is 14.3. The van der Waals surface area contributed by atoms with Gasteiger partial charge >= 0.3 is 0 Å². The van der Waals surface area contributed by atoms with E-state index in [1.807, 2.05) is 6.07 Å². The van der Waals surface area contributed by atoms with E-state index in [0.29, 0.717) is 37.6 Å². The maximum absolute atomic E-state index is 12.9. The fourth-order valence-corrected chi connectivity index (χ4v) is 3.74. The van der Waals surface area contributed by atoms with Gasteiger partial charge in [-0.1, -0.05) is 6.07 Å². The molecule has 2 aromatic heterocycles. The number of piperidine rings is 1. The standard InChI is InChI=1S/C19H21N3O4/c23-18(21-11-14-4-3-8-25-14)13-10-17-16(6-9-26-17)22(12-13)19(24)15-5-1-2-7-20-15/h1-5,7-8,13,16-17H,6,9-12H2,(H,21,23)/t13-,16+,17+/m0/s1. The lowest BCUT2D eigenvalue weighted by Crippen LogP contribution is -2.55. The van der Waals surface area contributed by atoms with Crippen LogP contribution in [0.5, 0.6) is 0 Å². The van der Waals surface area contributed by atoms with Gasteiger partial charge in [-0.15, -0.1) is 0 Å². The Bertz CT molecular complexity index is 762. The van der Waals surface area contributed by atoms with E-state index in [-0.39, 0.29) is 29.9 Å². The molecule has 3 atom stereocenters. The lowest BCUT2D eigenvalue weighted by atomic mass is 9.89. The van der Waals surface area contributed by atoms with E-state index in [9.17, 15) is 9.59 Å². The molecule has 0 aliphatic carbocycles. The van der Waals surface area contributed by atoms with Crippen LogP contribution in [0.4, 0.5) is 0 Å². The van der Waals surface area contributed by atoms with Gasteiger partial charge in [0, 0.05) is 19.3 Å². The number of fused-ring (bicyclic) bond motifs is 1. The summed E-state index contributed by atoms with van der Waals surface area (Å²) in [5.41, 5.74) is 0.398. The van der Waals surface area contributed by atoms with Gasteiger partial charge in [0.2, 0.25) is 5.91 Å². The van der Waals surface area contributed by atoms with Crippen LogP contribution in [-0.2, 0) is 16.1 Å². The SMILES string of the molecule is O=C(NCc1ccco1)[C@H]1C[C@H]2OCC[C@H]2N(C(=O)c2ccccn2)C1. The van der Waals surface area contributed by atoms with Crippen molar-refractivity contribution in [1.82, 2.24) is 15.2 Å². The molecular weight excluding hydrogens is 334 g/mol. The lowest BCUT2D eigenvalue weighted by Gasteiger charge is -2.40. The Morgan fingerprint density at radius 2 is 2.19 bits per heavy atom. The first-order valence-electron chi connectivity index (χ1n) is 8.86. The summed E-state index contributed by atoms with van der Waals surface area (Å²) in [6, 6.07) is 8.88. The topological polar surface area (TPSA) is 84.7 Å². The highest BCUT2D eigenvalue weighted by molar-refractivity contribution is 5.93. The van der Waals surface area contributed by atoms with Gasteiger partial charge in [0.1, 0.15) is 11.5 Å². The number of nitrogens with zero attached hydrogens (tertiary/aromatic N) is 2. The molecule has 2 saturated heterocycles. The lowest BCUT2D eigenvalue weighted by molar-refractivity contribution is -0.129. The molecule has 0 saturated carbocycles. The number of hydrogen-bond acceptors (Lipinski definition) is 5. The molecule has 2 aliphatic heterocycles. The summed E-state index contributed by atoms with van der Waals surface area (Å²) >= 11 is 0. The zero-order valence-electron chi connectivity index (χ0n) is 14.3. The maximum atomic E-state index is 12.9. The van der Waals surface area contributed by atoms with Gasteiger partial charge in [-0.2, -0.15) is 0 Å². The van der Waals surface area contributed by atoms with Crippen LogP contribution < -0.4 is 5.32 Å². The van der Waals surface area contributed by atoms with Crippen molar-refractivity contribution in [2.45, 2.75) is 31.5 Å². The van der Waals surface area contributed by atoms with Crippen molar-refractivity contribution in [1.29, 1.82) is 0 Å². The van der Waals surface area contributed by atoms with Crippen LogP contribution in [0.2, 0.25) is 0 Å². The van der Waals surface area contributed by atoms with Gasteiger partial charge in [0.05, 0.1) is 30.9 Å². The summed E-state index contributed by atoms with van der Waals surface area (Å²) in [5, 5.41) is 2.89. The number of carbonyl (C=O) groups is 2. The predicted molar refractivity (Wildman–Crippen MR) is 92.1 cm³/mol. The zero-order chi connectivity index (χ0) is 17.9. The van der Waals surface area contributed by atoms with Crippen molar-refractivity contribution >= 4 is 11.8 Å². The first kappa shape index (κ1) is 16.8. The van der Waals surface area contributed by atoms with Gasteiger partial charge in [-0.05, 0) is 37.1 Å². The Hall–Kier alpha value is -2.67. The molecule has 0 unspecified atom stereocenters. The number of amides is 2. The second-order valence-electron chi connectivity index (χ2n) is 6.67. The number of aromatic nitrogens is 1. The number of ether oxygens (including phenoxy) is 1. The Labute approximate surface area is 151 Å². The van der Waals surface area contributed by atoms with Crippen molar-refractivity contribution in [2.24, 2.45) is 5.92 Å². The number of carbonyl (C=O) groups excluding carboxylic acids is 2. The van der Waals surface area contributed by atoms with Crippen molar-refractivity contribution in [3.05, 3.63) is 54.2 Å². The normalized spacial score (nSPS) is 24.9. The van der Waals surface area contributed by atoms with Crippen LogP contribution in [0, 0.1) is 5.92 Å². The predicted octanol–water partition coefficient (Wildman–Crippen LogP) is 1.61. The van der Waals surface area contributed by atoms with Crippen LogP contribution in [-0.4, -0.2) is 47.0 Å². The van der Waals surface area contributed by atoms with E-state index >= 15 is 0 Å². The number of nitrogens with one attached hydrogen (secondary N) is 1. The third-order valence-corrected chi connectivity index (χ3v) is 5.04. The van der Waals surface area contributed by atoms with Gasteiger partial charge < -0.3 is 19.4 Å². The average molecular weight is 355 g/mol. The van der Waals surface area contributed by atoms with Crippen LogP contribution in [0.3, 0.4) is 0 Å². The molecule has 4 heterocycles. The molecule has 2 amide bonds. The average Bonchev–Trinajstić information content (AvgIpc) is 3.37. The molecule has 0 aromatic carbocycles. The van der Waals surface area contributed by atoms with E-state index in [1.165, 1.54) is 0 Å². The second-order valence-corrected chi connectivity index (χ2v) is 6.67. The van der Waals surface area contributed by atoms with Gasteiger partial charge in [-0.25, -0.2) is 0 Å². The molecule has 7 heteroatoms. The fraction of sp³-hybridized carbons (Fsp3) is 0.421. The fourth-order valence-electron chi connectivity index (χ4n) is 3.74. The Morgan fingerprint density at radius 1 is 1.27 bits per heavy atom. The van der Waals surface area contributed by atoms with Crippen molar-refractivity contribution in [3.63, 3.8) is 0 Å². The highest BCUT2D eigenvalue weighted by Crippen LogP contribution is 2.32. The second kappa shape index (κ2) is 7.29. The molecule has 2 aliphatic rings. The highest BCUT2D eigenvalue weighted by atomic mass is 16.5. The van der Waals surface area contributed by atoms with Crippen molar-refractivity contribution in [2.75, 3.05) is 13.2 Å². The monoisotopic (exact) mass is 355 g/mol. The molecular formula is C19H21N3O4. The summed E-state index contributed by atoms with van der Waals surface area (Å²) in [4.78, 5) is 31.5. The molecule has 136 valence electrons. The first-order valence-corrected chi connectivity index (χ1v) is 8.86. The summed E-state index contributed by atoms with van der Waals surface area (Å²) in [6.07, 6.45) is 4.50. The smallest absolute Gasteiger partial charge is 0.272 e. The van der Waals surface area contributed by atoms with Gasteiger partial charge in [0.15, 0.2) is 0 Å². The molecule has 1 N–H and O–H groups in total. The van der Waals surface area contributed by atoms with E-state index in [1.54, 1.807) is 41.6 Å². The van der Waals surface area contributed by atoms with E-state index in [2.05, 4.69) is 10.3 Å². The molecule has 7 nitrogen and oxygen atoms in total.